The highest BCUT2D eigenvalue weighted by Crippen LogP contribution is 2.30. The van der Waals surface area contributed by atoms with E-state index in [1.807, 2.05) is 13.8 Å². The summed E-state index contributed by atoms with van der Waals surface area (Å²) in [7, 11) is 0. The van der Waals surface area contributed by atoms with Crippen LogP contribution < -0.4 is 5.32 Å². The van der Waals surface area contributed by atoms with Crippen molar-refractivity contribution < 1.29 is 9.53 Å². The van der Waals surface area contributed by atoms with Crippen molar-refractivity contribution in [2.75, 3.05) is 13.1 Å². The topological polar surface area (TPSA) is 38.3 Å². The summed E-state index contributed by atoms with van der Waals surface area (Å²) in [4.78, 5) is 12.2. The van der Waals surface area contributed by atoms with Gasteiger partial charge in [-0.1, -0.05) is 35.3 Å². The molecule has 1 aliphatic rings. The first-order valence-electron chi connectivity index (χ1n) is 7.25. The van der Waals surface area contributed by atoms with Crippen LogP contribution in [-0.2, 0) is 16.0 Å². The molecule has 0 bridgehead atoms. The molecule has 0 saturated carbocycles. The van der Waals surface area contributed by atoms with Gasteiger partial charge in [0.1, 0.15) is 5.60 Å². The molecule has 0 radical (unpaired) electrons. The smallest absolute Gasteiger partial charge is 0.310 e. The van der Waals surface area contributed by atoms with Crippen LogP contribution in [0.15, 0.2) is 18.2 Å². The number of ether oxygens (including phenoxy) is 1. The van der Waals surface area contributed by atoms with E-state index < -0.39 is 5.60 Å². The molecular weight excluding hydrogens is 309 g/mol. The van der Waals surface area contributed by atoms with Gasteiger partial charge in [-0.15, -0.1) is 0 Å². The number of nitrogens with one attached hydrogen (secondary N) is 1. The van der Waals surface area contributed by atoms with Gasteiger partial charge >= 0.3 is 5.97 Å². The third-order valence-electron chi connectivity index (χ3n) is 4.07. The molecule has 0 spiro atoms. The van der Waals surface area contributed by atoms with Crippen molar-refractivity contribution in [1.82, 2.24) is 5.32 Å². The predicted octanol–water partition coefficient (Wildman–Crippen LogP) is 3.86. The van der Waals surface area contributed by atoms with Gasteiger partial charge in [-0.2, -0.15) is 0 Å². The Hall–Kier alpha value is -0.770. The standard InChI is InChI=1S/C16H21Cl2NO2/c1-16(2,12-6-8-19-9-7-12)21-14(20)10-11-4-3-5-13(17)15(11)18/h3-5,12,19H,6-10H2,1-2H3. The molecule has 1 fully saturated rings. The summed E-state index contributed by atoms with van der Waals surface area (Å²) in [6, 6.07) is 5.29. The third-order valence-corrected chi connectivity index (χ3v) is 4.92. The number of piperidine rings is 1. The van der Waals surface area contributed by atoms with E-state index in [1.165, 1.54) is 0 Å². The molecule has 1 aromatic rings. The number of carbonyl (C=O) groups is 1. The summed E-state index contributed by atoms with van der Waals surface area (Å²) in [6.45, 7) is 5.93. The highest BCUT2D eigenvalue weighted by Gasteiger charge is 2.34. The molecule has 1 N–H and O–H groups in total. The van der Waals surface area contributed by atoms with Gasteiger partial charge in [0.15, 0.2) is 0 Å². The van der Waals surface area contributed by atoms with E-state index in [0.29, 0.717) is 21.5 Å². The van der Waals surface area contributed by atoms with Crippen LogP contribution >= 0.6 is 23.2 Å². The average Bonchev–Trinajstić information content (AvgIpc) is 2.44. The van der Waals surface area contributed by atoms with E-state index in [4.69, 9.17) is 27.9 Å². The van der Waals surface area contributed by atoms with E-state index in [-0.39, 0.29) is 12.4 Å². The van der Waals surface area contributed by atoms with Crippen LogP contribution in [0.1, 0.15) is 32.3 Å². The predicted molar refractivity (Wildman–Crippen MR) is 85.9 cm³/mol. The van der Waals surface area contributed by atoms with Crippen molar-refractivity contribution in [3.05, 3.63) is 33.8 Å². The van der Waals surface area contributed by atoms with E-state index in [2.05, 4.69) is 5.32 Å². The zero-order valence-electron chi connectivity index (χ0n) is 12.4. The van der Waals surface area contributed by atoms with Gasteiger partial charge in [-0.25, -0.2) is 0 Å². The molecule has 116 valence electrons. The number of hydrogen-bond acceptors (Lipinski definition) is 3. The Balaban J connectivity index is 1.98. The molecule has 0 aromatic heterocycles. The van der Waals surface area contributed by atoms with Crippen molar-refractivity contribution in [1.29, 1.82) is 0 Å². The second-order valence-corrected chi connectivity index (χ2v) is 6.78. The number of rotatable bonds is 4. The maximum atomic E-state index is 12.2. The van der Waals surface area contributed by atoms with Gasteiger partial charge in [-0.05, 0) is 51.4 Å². The molecule has 2 rings (SSSR count). The number of benzene rings is 1. The van der Waals surface area contributed by atoms with Crippen molar-refractivity contribution in [2.45, 2.75) is 38.7 Å². The molecule has 1 aromatic carbocycles. The quantitative estimate of drug-likeness (QED) is 0.852. The minimum absolute atomic E-state index is 0.147. The lowest BCUT2D eigenvalue weighted by Crippen LogP contribution is -2.43. The fourth-order valence-electron chi connectivity index (χ4n) is 2.77. The average molecular weight is 330 g/mol. The highest BCUT2D eigenvalue weighted by atomic mass is 35.5. The first-order valence-corrected chi connectivity index (χ1v) is 8.01. The lowest BCUT2D eigenvalue weighted by Gasteiger charge is -2.36. The first kappa shape index (κ1) is 16.6. The Morgan fingerprint density at radius 3 is 2.67 bits per heavy atom. The van der Waals surface area contributed by atoms with Gasteiger partial charge in [0.2, 0.25) is 0 Å². The third kappa shape index (κ3) is 4.35. The van der Waals surface area contributed by atoms with Crippen LogP contribution in [-0.4, -0.2) is 24.7 Å². The molecule has 0 atom stereocenters. The minimum atomic E-state index is -0.454. The molecule has 0 aliphatic carbocycles. The molecular formula is C16H21Cl2NO2. The second-order valence-electron chi connectivity index (χ2n) is 5.99. The number of carbonyl (C=O) groups excluding carboxylic acids is 1. The Labute approximate surface area is 136 Å². The highest BCUT2D eigenvalue weighted by molar-refractivity contribution is 6.42. The zero-order chi connectivity index (χ0) is 15.5. The maximum Gasteiger partial charge on any atom is 0.310 e. The van der Waals surface area contributed by atoms with Crippen molar-refractivity contribution in [2.24, 2.45) is 5.92 Å². The van der Waals surface area contributed by atoms with Crippen LogP contribution in [0.4, 0.5) is 0 Å². The largest absolute Gasteiger partial charge is 0.459 e. The molecule has 1 saturated heterocycles. The van der Waals surface area contributed by atoms with Crippen molar-refractivity contribution in [3.63, 3.8) is 0 Å². The van der Waals surface area contributed by atoms with Gasteiger partial charge in [0.05, 0.1) is 16.5 Å². The molecule has 0 amide bonds. The summed E-state index contributed by atoms with van der Waals surface area (Å²) in [5.74, 6) is 0.125. The zero-order valence-corrected chi connectivity index (χ0v) is 13.9. The summed E-state index contributed by atoms with van der Waals surface area (Å²) in [5.41, 5.74) is 0.250. The summed E-state index contributed by atoms with van der Waals surface area (Å²) in [6.07, 6.45) is 2.20. The summed E-state index contributed by atoms with van der Waals surface area (Å²) >= 11 is 12.1. The van der Waals surface area contributed by atoms with Gasteiger partial charge in [0, 0.05) is 5.92 Å². The fourth-order valence-corrected chi connectivity index (χ4v) is 3.16. The van der Waals surface area contributed by atoms with E-state index >= 15 is 0 Å². The molecule has 5 heteroatoms. The number of hydrogen-bond donors (Lipinski definition) is 1. The van der Waals surface area contributed by atoms with E-state index in [0.717, 1.165) is 25.9 Å². The Bertz CT molecular complexity index is 511. The monoisotopic (exact) mass is 329 g/mol. The fraction of sp³-hybridized carbons (Fsp3) is 0.562. The van der Waals surface area contributed by atoms with Crippen LogP contribution in [0.2, 0.25) is 10.0 Å². The molecule has 1 aliphatic heterocycles. The van der Waals surface area contributed by atoms with Gasteiger partial charge in [0.25, 0.3) is 0 Å². The second kappa shape index (κ2) is 6.99. The van der Waals surface area contributed by atoms with Gasteiger partial charge in [-0.3, -0.25) is 4.79 Å². The van der Waals surface area contributed by atoms with Gasteiger partial charge < -0.3 is 10.1 Å². The molecule has 1 heterocycles. The minimum Gasteiger partial charge on any atom is -0.459 e. The van der Waals surface area contributed by atoms with Crippen LogP contribution in [0.5, 0.6) is 0 Å². The Kier molecular flexibility index (Phi) is 5.53. The number of esters is 1. The van der Waals surface area contributed by atoms with Crippen molar-refractivity contribution >= 4 is 29.2 Å². The van der Waals surface area contributed by atoms with E-state index in [1.54, 1.807) is 18.2 Å². The lowest BCUT2D eigenvalue weighted by molar-refractivity contribution is -0.161. The summed E-state index contributed by atoms with van der Waals surface area (Å²) < 4.78 is 5.71. The van der Waals surface area contributed by atoms with E-state index in [9.17, 15) is 4.79 Å². The van der Waals surface area contributed by atoms with Crippen LogP contribution in [0.25, 0.3) is 0 Å². The number of halogens is 2. The first-order chi connectivity index (χ1) is 9.90. The summed E-state index contributed by atoms with van der Waals surface area (Å²) in [5, 5.41) is 4.21. The van der Waals surface area contributed by atoms with Crippen molar-refractivity contribution in [3.8, 4) is 0 Å². The Morgan fingerprint density at radius 2 is 2.00 bits per heavy atom. The Morgan fingerprint density at radius 1 is 1.33 bits per heavy atom. The van der Waals surface area contributed by atoms with Crippen LogP contribution in [0, 0.1) is 5.92 Å². The lowest BCUT2D eigenvalue weighted by atomic mass is 9.83. The SMILES string of the molecule is CC(C)(OC(=O)Cc1cccc(Cl)c1Cl)C1CCNCC1. The maximum absolute atomic E-state index is 12.2. The van der Waals surface area contributed by atoms with Crippen LogP contribution in [0.3, 0.4) is 0 Å². The molecule has 0 unspecified atom stereocenters. The molecule has 3 nitrogen and oxygen atoms in total. The normalized spacial score (nSPS) is 16.8. The molecule has 21 heavy (non-hydrogen) atoms.